The van der Waals surface area contributed by atoms with Gasteiger partial charge in [-0.1, -0.05) is 30.3 Å². The van der Waals surface area contributed by atoms with Crippen molar-refractivity contribution in [3.8, 4) is 5.75 Å². The molecule has 0 spiro atoms. The highest BCUT2D eigenvalue weighted by atomic mass is 32.1. The Labute approximate surface area is 188 Å². The monoisotopic (exact) mass is 434 g/mol. The summed E-state index contributed by atoms with van der Waals surface area (Å²) >= 11 is 1.67. The van der Waals surface area contributed by atoms with Crippen LogP contribution >= 0.6 is 11.3 Å². The molecule has 2 aromatic carbocycles. The van der Waals surface area contributed by atoms with Gasteiger partial charge in [0.2, 0.25) is 0 Å². The number of carbonyl (C=O) groups is 1. The van der Waals surface area contributed by atoms with E-state index in [1.165, 1.54) is 34.4 Å². The molecule has 162 valence electrons. The van der Waals surface area contributed by atoms with Gasteiger partial charge in [0.1, 0.15) is 10.8 Å². The Hall–Kier alpha value is -2.63. The third-order valence-electron chi connectivity index (χ3n) is 5.98. The van der Waals surface area contributed by atoms with E-state index in [4.69, 9.17) is 4.74 Å². The molecule has 0 unspecified atom stereocenters. The average Bonchev–Trinajstić information content (AvgIpc) is 3.41. The highest BCUT2D eigenvalue weighted by Gasteiger charge is 2.31. The highest BCUT2D eigenvalue weighted by Crippen LogP contribution is 2.43. The van der Waals surface area contributed by atoms with Crippen LogP contribution in [0.4, 0.5) is 5.00 Å². The fourth-order valence-electron chi connectivity index (χ4n) is 4.30. The zero-order valence-corrected chi connectivity index (χ0v) is 19.3. The van der Waals surface area contributed by atoms with Gasteiger partial charge in [-0.3, -0.25) is 9.69 Å². The predicted molar refractivity (Wildman–Crippen MR) is 128 cm³/mol. The zero-order valence-electron chi connectivity index (χ0n) is 18.5. The van der Waals surface area contributed by atoms with Crippen LogP contribution in [0.1, 0.15) is 57.7 Å². The molecule has 1 amide bonds. The van der Waals surface area contributed by atoms with Gasteiger partial charge in [-0.15, -0.1) is 11.3 Å². The van der Waals surface area contributed by atoms with E-state index >= 15 is 0 Å². The second-order valence-corrected chi connectivity index (χ2v) is 9.22. The first-order chi connectivity index (χ1) is 15.1. The van der Waals surface area contributed by atoms with Crippen LogP contribution in [0.25, 0.3) is 0 Å². The van der Waals surface area contributed by atoms with Crippen LogP contribution in [0.5, 0.6) is 5.75 Å². The maximum Gasteiger partial charge on any atom is 0.256 e. The molecule has 0 bridgehead atoms. The maximum atomic E-state index is 12.9. The lowest BCUT2D eigenvalue weighted by Gasteiger charge is -2.29. The summed E-state index contributed by atoms with van der Waals surface area (Å²) in [6, 6.07) is 18.0. The first kappa shape index (κ1) is 21.6. The summed E-state index contributed by atoms with van der Waals surface area (Å²) in [4.78, 5) is 16.7. The quantitative estimate of drug-likeness (QED) is 0.481. The van der Waals surface area contributed by atoms with E-state index in [2.05, 4.69) is 48.3 Å². The van der Waals surface area contributed by atoms with Crippen molar-refractivity contribution in [1.29, 1.82) is 0 Å². The Bertz CT molecular complexity index is 1020. The highest BCUT2D eigenvalue weighted by molar-refractivity contribution is 7.16. The van der Waals surface area contributed by atoms with Crippen LogP contribution in [0.15, 0.2) is 54.6 Å². The second kappa shape index (κ2) is 9.67. The van der Waals surface area contributed by atoms with Gasteiger partial charge in [-0.25, -0.2) is 0 Å². The molecule has 31 heavy (non-hydrogen) atoms. The fraction of sp³-hybridized carbons (Fsp3) is 0.346. The summed E-state index contributed by atoms with van der Waals surface area (Å²) in [7, 11) is 0. The Kier molecular flexibility index (Phi) is 6.73. The van der Waals surface area contributed by atoms with E-state index in [1.807, 2.05) is 37.3 Å². The molecule has 1 N–H and O–H groups in total. The summed E-state index contributed by atoms with van der Waals surface area (Å²) in [6.07, 6.45) is 2.42. The number of nitrogens with zero attached hydrogens (tertiary/aromatic N) is 1. The van der Waals surface area contributed by atoms with E-state index in [0.717, 1.165) is 23.8 Å². The minimum absolute atomic E-state index is 0.0602. The van der Waals surface area contributed by atoms with Crippen molar-refractivity contribution >= 4 is 22.2 Å². The van der Waals surface area contributed by atoms with E-state index in [1.54, 1.807) is 11.3 Å². The van der Waals surface area contributed by atoms with Gasteiger partial charge in [-0.05, 0) is 82.1 Å². The fourth-order valence-corrected chi connectivity index (χ4v) is 5.39. The Morgan fingerprint density at radius 1 is 1.06 bits per heavy atom. The number of likely N-dealkylation sites (tertiary alicyclic amines) is 1. The van der Waals surface area contributed by atoms with Crippen molar-refractivity contribution in [2.75, 3.05) is 25.0 Å². The number of anilines is 1. The maximum absolute atomic E-state index is 12.9. The summed E-state index contributed by atoms with van der Waals surface area (Å²) in [6.45, 7) is 9.11. The standard InChI is InChI=1S/C26H30N2O2S/c1-4-30-22-14-12-20(13-15-22)24(28-16-8-9-17-28)23-18(2)19(3)31-26(23)27-25(29)21-10-6-5-7-11-21/h5-7,10-15,24H,4,8-9,16-17H2,1-3H3,(H,27,29)/t24-/m0/s1. The number of hydrogen-bond donors (Lipinski definition) is 1. The van der Waals surface area contributed by atoms with Crippen molar-refractivity contribution in [2.24, 2.45) is 0 Å². The molecular weight excluding hydrogens is 404 g/mol. The minimum Gasteiger partial charge on any atom is -0.494 e. The van der Waals surface area contributed by atoms with Gasteiger partial charge in [0.25, 0.3) is 5.91 Å². The van der Waals surface area contributed by atoms with Crippen molar-refractivity contribution in [1.82, 2.24) is 4.90 Å². The summed E-state index contributed by atoms with van der Waals surface area (Å²) in [5.74, 6) is 0.831. The van der Waals surface area contributed by atoms with E-state index < -0.39 is 0 Å². The van der Waals surface area contributed by atoms with Crippen LogP contribution in [0.2, 0.25) is 0 Å². The van der Waals surface area contributed by atoms with Gasteiger partial charge in [-0.2, -0.15) is 0 Å². The van der Waals surface area contributed by atoms with Crippen molar-refractivity contribution in [3.05, 3.63) is 81.7 Å². The number of nitrogens with one attached hydrogen (secondary N) is 1. The molecule has 1 aliphatic heterocycles. The van der Waals surface area contributed by atoms with E-state index in [-0.39, 0.29) is 11.9 Å². The lowest BCUT2D eigenvalue weighted by atomic mass is 9.95. The molecule has 0 aliphatic carbocycles. The van der Waals surface area contributed by atoms with Gasteiger partial charge in [0.15, 0.2) is 0 Å². The first-order valence-corrected chi connectivity index (χ1v) is 11.8. The van der Waals surface area contributed by atoms with Gasteiger partial charge in [0, 0.05) is 16.0 Å². The largest absolute Gasteiger partial charge is 0.494 e. The Morgan fingerprint density at radius 2 is 1.74 bits per heavy atom. The topological polar surface area (TPSA) is 41.6 Å². The minimum atomic E-state index is -0.0602. The molecule has 0 saturated carbocycles. The number of benzene rings is 2. The molecule has 2 heterocycles. The van der Waals surface area contributed by atoms with Crippen molar-refractivity contribution < 1.29 is 9.53 Å². The van der Waals surface area contributed by atoms with E-state index in [9.17, 15) is 4.79 Å². The first-order valence-electron chi connectivity index (χ1n) is 11.0. The number of hydrogen-bond acceptors (Lipinski definition) is 4. The number of ether oxygens (including phenoxy) is 1. The third-order valence-corrected chi connectivity index (χ3v) is 7.12. The molecule has 1 aromatic heterocycles. The summed E-state index contributed by atoms with van der Waals surface area (Å²) in [5, 5.41) is 4.18. The van der Waals surface area contributed by atoms with Crippen LogP contribution in [-0.2, 0) is 0 Å². The molecule has 1 saturated heterocycles. The lowest BCUT2D eigenvalue weighted by molar-refractivity contribution is 0.102. The number of amides is 1. The molecule has 3 aromatic rings. The average molecular weight is 435 g/mol. The summed E-state index contributed by atoms with van der Waals surface area (Å²) in [5.41, 5.74) is 4.40. The number of rotatable bonds is 7. The smallest absolute Gasteiger partial charge is 0.256 e. The molecule has 1 aliphatic rings. The van der Waals surface area contributed by atoms with Crippen LogP contribution in [0.3, 0.4) is 0 Å². The molecule has 1 atom stereocenters. The van der Waals surface area contributed by atoms with Gasteiger partial charge >= 0.3 is 0 Å². The van der Waals surface area contributed by atoms with E-state index in [0.29, 0.717) is 12.2 Å². The summed E-state index contributed by atoms with van der Waals surface area (Å²) < 4.78 is 5.66. The zero-order chi connectivity index (χ0) is 21.8. The Balaban J connectivity index is 1.73. The molecule has 5 heteroatoms. The number of thiophene rings is 1. The predicted octanol–water partition coefficient (Wildman–Crippen LogP) is 6.20. The molecule has 0 radical (unpaired) electrons. The van der Waals surface area contributed by atoms with Crippen LogP contribution in [-0.4, -0.2) is 30.5 Å². The molecule has 4 rings (SSSR count). The molecule has 1 fully saturated rings. The SMILES string of the molecule is CCOc1ccc([C@@H](c2c(NC(=O)c3ccccc3)sc(C)c2C)N2CCCC2)cc1. The van der Waals surface area contributed by atoms with Gasteiger partial charge in [0.05, 0.1) is 12.6 Å². The van der Waals surface area contributed by atoms with Crippen molar-refractivity contribution in [3.63, 3.8) is 0 Å². The number of aryl methyl sites for hydroxylation is 1. The van der Waals surface area contributed by atoms with Crippen molar-refractivity contribution in [2.45, 2.75) is 39.7 Å². The van der Waals surface area contributed by atoms with Crippen LogP contribution in [0, 0.1) is 13.8 Å². The second-order valence-electron chi connectivity index (χ2n) is 7.99. The van der Waals surface area contributed by atoms with Crippen LogP contribution < -0.4 is 10.1 Å². The normalized spacial score (nSPS) is 15.1. The van der Waals surface area contributed by atoms with Gasteiger partial charge < -0.3 is 10.1 Å². The third kappa shape index (κ3) is 4.68. The molecule has 4 nitrogen and oxygen atoms in total. The molecular formula is C26H30N2O2S. The lowest BCUT2D eigenvalue weighted by Crippen LogP contribution is -2.28. The number of carbonyl (C=O) groups excluding carboxylic acids is 1. The Morgan fingerprint density at radius 3 is 2.39 bits per heavy atom.